The molecule has 0 amide bonds. The van der Waals surface area contributed by atoms with Crippen molar-refractivity contribution in [2.24, 2.45) is 5.41 Å². The molecular weight excluding hydrogens is 602 g/mol. The molecule has 1 saturated carbocycles. The zero-order valence-corrected chi connectivity index (χ0v) is 26.0. The number of aliphatic carboxylic acids is 1. The Balaban J connectivity index is 1.37. The van der Waals surface area contributed by atoms with Crippen molar-refractivity contribution >= 4 is 67.4 Å². The minimum absolute atomic E-state index is 0.0719. The number of benzene rings is 2. The second-order valence-electron chi connectivity index (χ2n) is 11.3. The second kappa shape index (κ2) is 12.2. The molecule has 1 fully saturated rings. The van der Waals surface area contributed by atoms with Crippen LogP contribution in [0.2, 0.25) is 0 Å². The highest BCUT2D eigenvalue weighted by molar-refractivity contribution is 9.10. The summed E-state index contributed by atoms with van der Waals surface area (Å²) < 4.78 is 2.18. The molecule has 4 aromatic rings. The highest BCUT2D eigenvalue weighted by Gasteiger charge is 2.44. The van der Waals surface area contributed by atoms with Crippen molar-refractivity contribution < 1.29 is 15.0 Å². The van der Waals surface area contributed by atoms with Gasteiger partial charge >= 0.3 is 5.97 Å². The quantitative estimate of drug-likeness (QED) is 0.162. The van der Waals surface area contributed by atoms with Crippen LogP contribution in [0, 0.1) is 5.41 Å². The molecular formula is C33H34BrNO3S2. The second-order valence-corrected chi connectivity index (χ2v) is 14.3. The van der Waals surface area contributed by atoms with Gasteiger partial charge in [-0.15, -0.1) is 11.3 Å². The lowest BCUT2D eigenvalue weighted by molar-refractivity contribution is -0.138. The van der Waals surface area contributed by atoms with Gasteiger partial charge in [-0.3, -0.25) is 4.79 Å². The van der Waals surface area contributed by atoms with E-state index in [9.17, 15) is 15.0 Å². The Morgan fingerprint density at radius 2 is 1.95 bits per heavy atom. The summed E-state index contributed by atoms with van der Waals surface area (Å²) in [7, 11) is 0. The zero-order valence-electron chi connectivity index (χ0n) is 22.8. The van der Waals surface area contributed by atoms with E-state index in [0.29, 0.717) is 0 Å². The number of aromatic nitrogens is 1. The topological polar surface area (TPSA) is 70.4 Å². The number of pyridine rings is 1. The lowest BCUT2D eigenvalue weighted by Gasteiger charge is -2.24. The first-order chi connectivity index (χ1) is 19.1. The van der Waals surface area contributed by atoms with Gasteiger partial charge in [0, 0.05) is 16.4 Å². The molecule has 0 unspecified atom stereocenters. The zero-order chi connectivity index (χ0) is 28.3. The van der Waals surface area contributed by atoms with E-state index in [4.69, 9.17) is 4.98 Å². The third-order valence-electron chi connectivity index (χ3n) is 7.55. The van der Waals surface area contributed by atoms with Gasteiger partial charge < -0.3 is 10.2 Å². The monoisotopic (exact) mass is 635 g/mol. The number of carbonyl (C=O) groups is 1. The van der Waals surface area contributed by atoms with Gasteiger partial charge in [-0.2, -0.15) is 11.8 Å². The lowest BCUT2D eigenvalue weighted by Crippen LogP contribution is -2.18. The smallest absolute Gasteiger partial charge is 0.303 e. The number of rotatable bonds is 12. The number of thiophene rings is 1. The summed E-state index contributed by atoms with van der Waals surface area (Å²) in [5, 5.41) is 22.4. The first-order valence-electron chi connectivity index (χ1n) is 13.6. The van der Waals surface area contributed by atoms with E-state index in [1.807, 2.05) is 49.9 Å². The molecule has 1 aliphatic rings. The number of halogens is 1. The molecule has 0 aliphatic heterocycles. The molecule has 0 radical (unpaired) electrons. The lowest BCUT2D eigenvalue weighted by atomic mass is 9.90. The number of fused-ring (bicyclic) bond motifs is 1. The van der Waals surface area contributed by atoms with Gasteiger partial charge in [0.15, 0.2) is 0 Å². The largest absolute Gasteiger partial charge is 0.481 e. The third kappa shape index (κ3) is 7.24. The van der Waals surface area contributed by atoms with Crippen molar-refractivity contribution in [3.63, 3.8) is 0 Å². The van der Waals surface area contributed by atoms with E-state index in [1.165, 1.54) is 5.56 Å². The first kappa shape index (κ1) is 29.1. The maximum absolute atomic E-state index is 11.5. The van der Waals surface area contributed by atoms with Crippen molar-refractivity contribution in [2.45, 2.75) is 56.8 Å². The summed E-state index contributed by atoms with van der Waals surface area (Å²) in [6, 6.07) is 20.9. The van der Waals surface area contributed by atoms with E-state index in [2.05, 4.69) is 69.9 Å². The fourth-order valence-electron chi connectivity index (χ4n) is 5.15. The molecule has 0 spiro atoms. The van der Waals surface area contributed by atoms with E-state index in [-0.39, 0.29) is 17.1 Å². The van der Waals surface area contributed by atoms with Crippen LogP contribution in [0.5, 0.6) is 0 Å². The molecule has 2 N–H and O–H groups in total. The summed E-state index contributed by atoms with van der Waals surface area (Å²) in [4.78, 5) is 16.3. The Bertz CT molecular complexity index is 1530. The van der Waals surface area contributed by atoms with Crippen molar-refractivity contribution in [3.8, 4) is 0 Å². The van der Waals surface area contributed by atoms with Gasteiger partial charge in [-0.25, -0.2) is 4.98 Å². The number of carboxylic acids is 1. The number of hydrogen-bond donors (Lipinski definition) is 2. The van der Waals surface area contributed by atoms with Crippen LogP contribution in [0.4, 0.5) is 0 Å². The van der Waals surface area contributed by atoms with Crippen molar-refractivity contribution in [2.75, 3.05) is 5.75 Å². The standard InChI is InChI=1S/C33H34BrNO3S2/c1-32(2,38)26-9-4-3-7-23(26)11-14-28(40-21-33(16-17-33)19-30(36)37)24-8-5-6-22(18-24)10-12-25-13-15-29-31(35-25)27(34)20-39-29/h3-10,12-13,15,18,20,28,38H,11,14,16-17,19,21H2,1-2H3,(H,36,37)/t28-/m1/s1. The number of nitrogens with zero attached hydrogens (tertiary/aromatic N) is 1. The molecule has 2 aromatic heterocycles. The fraction of sp³-hybridized carbons (Fsp3) is 0.333. The predicted octanol–water partition coefficient (Wildman–Crippen LogP) is 9.12. The van der Waals surface area contributed by atoms with Crippen LogP contribution in [0.1, 0.15) is 72.7 Å². The van der Waals surface area contributed by atoms with Gasteiger partial charge in [0.1, 0.15) is 0 Å². The van der Waals surface area contributed by atoms with Crippen LogP contribution < -0.4 is 0 Å². The van der Waals surface area contributed by atoms with Gasteiger partial charge in [0.2, 0.25) is 0 Å². The molecule has 208 valence electrons. The van der Waals surface area contributed by atoms with Crippen molar-refractivity contribution in [3.05, 3.63) is 98.5 Å². The maximum atomic E-state index is 11.5. The van der Waals surface area contributed by atoms with Gasteiger partial charge in [0.05, 0.1) is 32.4 Å². The molecule has 40 heavy (non-hydrogen) atoms. The van der Waals surface area contributed by atoms with Gasteiger partial charge in [0.25, 0.3) is 0 Å². The fourth-order valence-corrected chi connectivity index (χ4v) is 8.19. The Morgan fingerprint density at radius 3 is 2.70 bits per heavy atom. The molecule has 0 bridgehead atoms. The Labute approximate surface area is 252 Å². The van der Waals surface area contributed by atoms with Gasteiger partial charge in [-0.05, 0) is 101 Å². The molecule has 1 atom stereocenters. The Hall–Kier alpha value is -2.45. The van der Waals surface area contributed by atoms with E-state index in [1.54, 1.807) is 11.3 Å². The Kier molecular flexibility index (Phi) is 8.86. The SMILES string of the molecule is CC(C)(O)c1ccccc1CC[C@@H](SCC1(CC(=O)O)CC1)c1cccc(C=Cc2ccc3scc(Br)c3n2)c1. The first-order valence-corrected chi connectivity index (χ1v) is 16.3. The van der Waals surface area contributed by atoms with Crippen LogP contribution in [0.3, 0.4) is 0 Å². The highest BCUT2D eigenvalue weighted by atomic mass is 79.9. The normalized spacial score (nSPS) is 15.5. The van der Waals surface area contributed by atoms with Crippen molar-refractivity contribution in [1.29, 1.82) is 0 Å². The number of carboxylic acid groups (broad SMARTS) is 1. The molecule has 4 nitrogen and oxygen atoms in total. The highest BCUT2D eigenvalue weighted by Crippen LogP contribution is 2.53. The number of aliphatic hydroxyl groups is 1. The van der Waals surface area contributed by atoms with E-state index >= 15 is 0 Å². The molecule has 1 aliphatic carbocycles. The van der Waals surface area contributed by atoms with E-state index < -0.39 is 11.6 Å². The summed E-state index contributed by atoms with van der Waals surface area (Å²) >= 11 is 7.15. The predicted molar refractivity (Wildman–Crippen MR) is 172 cm³/mol. The Morgan fingerprint density at radius 1 is 1.15 bits per heavy atom. The van der Waals surface area contributed by atoms with Crippen LogP contribution in [0.15, 0.2) is 70.5 Å². The van der Waals surface area contributed by atoms with Crippen LogP contribution in [0.25, 0.3) is 22.4 Å². The average Bonchev–Trinajstić information content (AvgIpc) is 3.58. The molecule has 2 heterocycles. The molecule has 2 aromatic carbocycles. The van der Waals surface area contributed by atoms with Crippen LogP contribution >= 0.6 is 39.0 Å². The summed E-state index contributed by atoms with van der Waals surface area (Å²) in [6.45, 7) is 3.67. The molecule has 7 heteroatoms. The minimum atomic E-state index is -0.904. The van der Waals surface area contributed by atoms with Gasteiger partial charge in [-0.1, -0.05) is 54.6 Å². The summed E-state index contributed by atoms with van der Waals surface area (Å²) in [5.41, 5.74) is 5.39. The van der Waals surface area contributed by atoms with Crippen LogP contribution in [-0.4, -0.2) is 26.9 Å². The molecule has 5 rings (SSSR count). The minimum Gasteiger partial charge on any atom is -0.481 e. The summed E-state index contributed by atoms with van der Waals surface area (Å²) in [5.74, 6) is 0.138. The van der Waals surface area contributed by atoms with Crippen molar-refractivity contribution in [1.82, 2.24) is 4.98 Å². The molecule has 0 saturated heterocycles. The average molecular weight is 637 g/mol. The third-order valence-corrected chi connectivity index (χ3v) is 11.1. The maximum Gasteiger partial charge on any atom is 0.303 e. The van der Waals surface area contributed by atoms with E-state index in [0.717, 1.165) is 68.5 Å². The summed E-state index contributed by atoms with van der Waals surface area (Å²) in [6.07, 6.45) is 8.12. The number of hydrogen-bond acceptors (Lipinski definition) is 5. The number of aryl methyl sites for hydroxylation is 1. The van der Waals surface area contributed by atoms with Crippen LogP contribution in [-0.2, 0) is 16.8 Å². The number of thioether (sulfide) groups is 1.